The lowest BCUT2D eigenvalue weighted by Gasteiger charge is -2.26. The van der Waals surface area contributed by atoms with Gasteiger partial charge in [0.05, 0.1) is 11.5 Å². The lowest BCUT2D eigenvalue weighted by molar-refractivity contribution is -0.384. The third kappa shape index (κ3) is 6.23. The molecule has 0 aliphatic heterocycles. The monoisotopic (exact) mass is 367 g/mol. The van der Waals surface area contributed by atoms with Crippen LogP contribution in [0, 0.1) is 10.1 Å². The van der Waals surface area contributed by atoms with Crippen LogP contribution >= 0.6 is 0 Å². The third-order valence-corrected chi connectivity index (χ3v) is 3.36. The van der Waals surface area contributed by atoms with Crippen LogP contribution in [0.15, 0.2) is 18.2 Å². The van der Waals surface area contributed by atoms with E-state index in [1.54, 1.807) is 38.8 Å². The molecule has 0 aromatic heterocycles. The van der Waals surface area contributed by atoms with Crippen LogP contribution in [-0.4, -0.2) is 49.8 Å². The largest absolute Gasteiger partial charge is 0.464 e. The van der Waals surface area contributed by atoms with E-state index in [0.717, 1.165) is 4.90 Å². The first kappa shape index (κ1) is 21.2. The van der Waals surface area contributed by atoms with Crippen molar-refractivity contribution in [2.45, 2.75) is 33.3 Å². The number of hydrogen-bond donors (Lipinski definition) is 0. The SMILES string of the molecule is CC(=O)OCCN(C)c1ccc([N+](=O)[O-])c(N(C)C(=O)OC(C)(C)C)c1. The Bertz CT molecular complexity index is 684. The third-order valence-electron chi connectivity index (χ3n) is 3.36. The van der Waals surface area contributed by atoms with Crippen molar-refractivity contribution in [1.29, 1.82) is 0 Å². The maximum Gasteiger partial charge on any atom is 0.414 e. The molecule has 0 unspecified atom stereocenters. The predicted octanol–water partition coefficient (Wildman–Crippen LogP) is 2.97. The molecule has 0 radical (unpaired) electrons. The minimum absolute atomic E-state index is 0.112. The van der Waals surface area contributed by atoms with Gasteiger partial charge in [-0.3, -0.25) is 19.8 Å². The highest BCUT2D eigenvalue weighted by Crippen LogP contribution is 2.32. The van der Waals surface area contributed by atoms with Gasteiger partial charge in [-0.25, -0.2) is 4.79 Å². The normalized spacial score (nSPS) is 10.8. The Morgan fingerprint density at radius 2 is 1.85 bits per heavy atom. The van der Waals surface area contributed by atoms with E-state index in [1.807, 2.05) is 0 Å². The van der Waals surface area contributed by atoms with Crippen molar-refractivity contribution in [3.8, 4) is 0 Å². The Hall–Kier alpha value is -2.84. The van der Waals surface area contributed by atoms with E-state index in [4.69, 9.17) is 9.47 Å². The standard InChI is InChI=1S/C17H25N3O6/c1-12(21)25-10-9-18(5)13-7-8-14(20(23)24)15(11-13)19(6)16(22)26-17(2,3)4/h7-8,11H,9-10H2,1-6H3. The van der Waals surface area contributed by atoms with Gasteiger partial charge in [0.15, 0.2) is 0 Å². The van der Waals surface area contributed by atoms with Gasteiger partial charge in [0.25, 0.3) is 5.69 Å². The van der Waals surface area contributed by atoms with Gasteiger partial charge in [-0.15, -0.1) is 0 Å². The molecule has 9 nitrogen and oxygen atoms in total. The predicted molar refractivity (Wildman–Crippen MR) is 97.6 cm³/mol. The van der Waals surface area contributed by atoms with Crippen LogP contribution in [0.3, 0.4) is 0 Å². The summed E-state index contributed by atoms with van der Waals surface area (Å²) in [6.45, 7) is 7.04. The molecule has 0 saturated heterocycles. The summed E-state index contributed by atoms with van der Waals surface area (Å²) in [7, 11) is 3.17. The summed E-state index contributed by atoms with van der Waals surface area (Å²) in [5, 5.41) is 11.3. The number of esters is 1. The number of benzene rings is 1. The highest BCUT2D eigenvalue weighted by Gasteiger charge is 2.26. The molecule has 0 N–H and O–H groups in total. The quantitative estimate of drug-likeness (QED) is 0.433. The molecule has 0 saturated carbocycles. The van der Waals surface area contributed by atoms with Crippen LogP contribution in [0.2, 0.25) is 0 Å². The number of nitro groups is 1. The Kier molecular flexibility index (Phi) is 6.93. The number of nitrogens with zero attached hydrogens (tertiary/aromatic N) is 3. The van der Waals surface area contributed by atoms with E-state index >= 15 is 0 Å². The molecule has 0 spiro atoms. The fraction of sp³-hybridized carbons (Fsp3) is 0.529. The molecule has 9 heteroatoms. The fourth-order valence-corrected chi connectivity index (χ4v) is 2.06. The minimum atomic E-state index is -0.724. The molecule has 1 amide bonds. The molecule has 144 valence electrons. The Morgan fingerprint density at radius 3 is 2.35 bits per heavy atom. The zero-order valence-electron chi connectivity index (χ0n) is 15.9. The molecule has 26 heavy (non-hydrogen) atoms. The van der Waals surface area contributed by atoms with Gasteiger partial charge in [-0.2, -0.15) is 0 Å². The summed E-state index contributed by atoms with van der Waals surface area (Å²) in [5.41, 5.74) is -0.191. The maximum absolute atomic E-state index is 12.3. The van der Waals surface area contributed by atoms with Crippen molar-refractivity contribution < 1.29 is 24.0 Å². The Morgan fingerprint density at radius 1 is 1.23 bits per heavy atom. The van der Waals surface area contributed by atoms with Crippen LogP contribution in [0.25, 0.3) is 0 Å². The number of carbonyl (C=O) groups is 2. The lowest BCUT2D eigenvalue weighted by atomic mass is 10.2. The number of likely N-dealkylation sites (N-methyl/N-ethyl adjacent to an activating group) is 1. The maximum atomic E-state index is 12.3. The number of amides is 1. The molecule has 0 atom stereocenters. The second-order valence-electron chi connectivity index (χ2n) is 6.73. The van der Waals surface area contributed by atoms with Crippen molar-refractivity contribution >= 4 is 29.1 Å². The zero-order chi connectivity index (χ0) is 20.1. The Balaban J connectivity index is 3.09. The average molecular weight is 367 g/mol. The van der Waals surface area contributed by atoms with Crippen molar-refractivity contribution in [3.63, 3.8) is 0 Å². The molecule has 1 rings (SSSR count). The molecule has 0 bridgehead atoms. The van der Waals surface area contributed by atoms with Crippen LogP contribution in [0.5, 0.6) is 0 Å². The number of anilines is 2. The first-order chi connectivity index (χ1) is 11.9. The molecule has 0 aliphatic carbocycles. The minimum Gasteiger partial charge on any atom is -0.464 e. The van der Waals surface area contributed by atoms with E-state index in [9.17, 15) is 19.7 Å². The number of hydrogen-bond acceptors (Lipinski definition) is 7. The van der Waals surface area contributed by atoms with Gasteiger partial charge >= 0.3 is 12.1 Å². The number of nitro benzene ring substituents is 1. The van der Waals surface area contributed by atoms with Crippen LogP contribution < -0.4 is 9.80 Å². The Labute approximate surface area is 152 Å². The highest BCUT2D eigenvalue weighted by molar-refractivity contribution is 5.91. The average Bonchev–Trinajstić information content (AvgIpc) is 2.51. The lowest BCUT2D eigenvalue weighted by Crippen LogP contribution is -2.34. The molecule has 1 aromatic carbocycles. The van der Waals surface area contributed by atoms with Gasteiger partial charge in [-0.05, 0) is 32.9 Å². The van der Waals surface area contributed by atoms with Crippen molar-refractivity contribution in [2.75, 3.05) is 37.0 Å². The van der Waals surface area contributed by atoms with E-state index in [0.29, 0.717) is 12.2 Å². The van der Waals surface area contributed by atoms with Crippen LogP contribution in [-0.2, 0) is 14.3 Å². The van der Waals surface area contributed by atoms with Gasteiger partial charge < -0.3 is 14.4 Å². The summed E-state index contributed by atoms with van der Waals surface area (Å²) in [6, 6.07) is 4.42. The molecular formula is C17H25N3O6. The van der Waals surface area contributed by atoms with Crippen molar-refractivity contribution in [1.82, 2.24) is 0 Å². The summed E-state index contributed by atoms with van der Waals surface area (Å²) in [5.74, 6) is -0.382. The second kappa shape index (κ2) is 8.50. The number of ether oxygens (including phenoxy) is 2. The van der Waals surface area contributed by atoms with Crippen molar-refractivity contribution in [3.05, 3.63) is 28.3 Å². The van der Waals surface area contributed by atoms with Crippen molar-refractivity contribution in [2.24, 2.45) is 0 Å². The fourth-order valence-electron chi connectivity index (χ4n) is 2.06. The van der Waals surface area contributed by atoms with Crippen LogP contribution in [0.1, 0.15) is 27.7 Å². The summed E-state index contributed by atoms with van der Waals surface area (Å²) in [4.78, 5) is 36.7. The molecular weight excluding hydrogens is 342 g/mol. The topological polar surface area (TPSA) is 102 Å². The molecule has 1 aromatic rings. The van der Waals surface area contributed by atoms with Gasteiger partial charge in [0.2, 0.25) is 0 Å². The molecule has 0 heterocycles. The highest BCUT2D eigenvalue weighted by atomic mass is 16.6. The first-order valence-corrected chi connectivity index (χ1v) is 8.02. The van der Waals surface area contributed by atoms with E-state index < -0.39 is 16.6 Å². The summed E-state index contributed by atoms with van der Waals surface area (Å²) >= 11 is 0. The van der Waals surface area contributed by atoms with Crippen LogP contribution in [0.4, 0.5) is 21.9 Å². The number of rotatable bonds is 6. The molecule has 0 fully saturated rings. The summed E-state index contributed by atoms with van der Waals surface area (Å²) < 4.78 is 10.2. The zero-order valence-corrected chi connectivity index (χ0v) is 15.9. The van der Waals surface area contributed by atoms with E-state index in [1.165, 1.54) is 26.1 Å². The van der Waals surface area contributed by atoms with E-state index in [2.05, 4.69) is 0 Å². The molecule has 0 aliphatic rings. The second-order valence-corrected chi connectivity index (χ2v) is 6.73. The first-order valence-electron chi connectivity index (χ1n) is 8.02. The number of carbonyl (C=O) groups excluding carboxylic acids is 2. The van der Waals surface area contributed by atoms with E-state index in [-0.39, 0.29) is 24.0 Å². The summed E-state index contributed by atoms with van der Waals surface area (Å²) in [6.07, 6.45) is -0.694. The van der Waals surface area contributed by atoms with Gasteiger partial charge in [0.1, 0.15) is 17.9 Å². The van der Waals surface area contributed by atoms with Gasteiger partial charge in [0, 0.05) is 32.8 Å². The van der Waals surface area contributed by atoms with Gasteiger partial charge in [-0.1, -0.05) is 0 Å². The smallest absolute Gasteiger partial charge is 0.414 e.